The highest BCUT2D eigenvalue weighted by Crippen LogP contribution is 2.16. The van der Waals surface area contributed by atoms with Crippen molar-refractivity contribution in [2.45, 2.75) is 25.8 Å². The Morgan fingerprint density at radius 2 is 2.15 bits per heavy atom. The Morgan fingerprint density at radius 1 is 1.30 bits per heavy atom. The van der Waals surface area contributed by atoms with Crippen LogP contribution in [0.4, 0.5) is 0 Å². The van der Waals surface area contributed by atoms with Crippen molar-refractivity contribution in [3.8, 4) is 0 Å². The van der Waals surface area contributed by atoms with E-state index >= 15 is 0 Å². The summed E-state index contributed by atoms with van der Waals surface area (Å²) in [5, 5.41) is 10.2. The van der Waals surface area contributed by atoms with Gasteiger partial charge in [-0.05, 0) is 37.4 Å². The summed E-state index contributed by atoms with van der Waals surface area (Å²) in [6, 6.07) is 4.11. The molecule has 5 nitrogen and oxygen atoms in total. The monoisotopic (exact) mass is 290 g/mol. The molecule has 3 heterocycles. The lowest BCUT2D eigenvalue weighted by Crippen LogP contribution is -2.25. The van der Waals surface area contributed by atoms with Crippen LogP contribution in [0.25, 0.3) is 0 Å². The zero-order valence-electron chi connectivity index (χ0n) is 11.4. The Kier molecular flexibility index (Phi) is 4.22. The number of carbonyl (C=O) groups excluding carboxylic acids is 1. The van der Waals surface area contributed by atoms with Crippen molar-refractivity contribution in [3.63, 3.8) is 0 Å². The Bertz CT molecular complexity index is 558. The zero-order chi connectivity index (χ0) is 13.8. The van der Waals surface area contributed by atoms with Crippen LogP contribution in [0.3, 0.4) is 0 Å². The van der Waals surface area contributed by atoms with E-state index in [-0.39, 0.29) is 0 Å². The van der Waals surface area contributed by atoms with Gasteiger partial charge in [0.1, 0.15) is 5.69 Å². The Morgan fingerprint density at radius 3 is 2.85 bits per heavy atom. The molecule has 1 aliphatic heterocycles. The minimum Gasteiger partial charge on any atom is -0.301 e. The summed E-state index contributed by atoms with van der Waals surface area (Å²) >= 11 is 1.70. The van der Waals surface area contributed by atoms with Gasteiger partial charge in [0.2, 0.25) is 0 Å². The average Bonchev–Trinajstić information content (AvgIpc) is 3.19. The van der Waals surface area contributed by atoms with Crippen LogP contribution in [0.2, 0.25) is 0 Å². The van der Waals surface area contributed by atoms with E-state index in [2.05, 4.69) is 21.3 Å². The fraction of sp³-hybridized carbons (Fsp3) is 0.500. The smallest absolute Gasteiger partial charge is 0.172 e. The number of carbonyl (C=O) groups is 1. The van der Waals surface area contributed by atoms with Crippen molar-refractivity contribution < 1.29 is 4.79 Å². The summed E-state index contributed by atoms with van der Waals surface area (Å²) in [6.07, 6.45) is 4.12. The van der Waals surface area contributed by atoms with E-state index in [0.29, 0.717) is 5.69 Å². The predicted octanol–water partition coefficient (Wildman–Crippen LogP) is 1.84. The van der Waals surface area contributed by atoms with E-state index in [1.807, 2.05) is 16.1 Å². The summed E-state index contributed by atoms with van der Waals surface area (Å²) in [6.45, 7) is 4.14. The van der Waals surface area contributed by atoms with Gasteiger partial charge in [-0.3, -0.25) is 4.79 Å². The second-order valence-electron chi connectivity index (χ2n) is 5.07. The van der Waals surface area contributed by atoms with Gasteiger partial charge in [-0.15, -0.1) is 16.4 Å². The normalized spacial score (nSPS) is 15.8. The largest absolute Gasteiger partial charge is 0.301 e. The lowest BCUT2D eigenvalue weighted by Gasteiger charge is -2.15. The molecule has 106 valence electrons. The molecule has 0 aromatic carbocycles. The van der Waals surface area contributed by atoms with Gasteiger partial charge < -0.3 is 4.90 Å². The number of aldehydes is 1. The van der Waals surface area contributed by atoms with Gasteiger partial charge in [0.25, 0.3) is 0 Å². The number of likely N-dealkylation sites (tertiary alicyclic amines) is 1. The zero-order valence-corrected chi connectivity index (χ0v) is 12.2. The molecule has 0 radical (unpaired) electrons. The van der Waals surface area contributed by atoms with Crippen molar-refractivity contribution in [2.75, 3.05) is 19.6 Å². The van der Waals surface area contributed by atoms with Crippen LogP contribution in [0.1, 0.15) is 33.9 Å². The minimum absolute atomic E-state index is 0.472. The fourth-order valence-electron chi connectivity index (χ4n) is 2.62. The summed E-state index contributed by atoms with van der Waals surface area (Å²) in [5.74, 6) is 0. The second kappa shape index (κ2) is 6.28. The molecular weight excluding hydrogens is 272 g/mol. The van der Waals surface area contributed by atoms with Crippen molar-refractivity contribution in [3.05, 3.63) is 33.8 Å². The molecule has 0 bridgehead atoms. The first-order valence-electron chi connectivity index (χ1n) is 6.99. The van der Waals surface area contributed by atoms with E-state index in [1.54, 1.807) is 11.3 Å². The molecule has 0 amide bonds. The van der Waals surface area contributed by atoms with Crippen LogP contribution in [0.5, 0.6) is 0 Å². The number of thiophene rings is 1. The highest BCUT2D eigenvalue weighted by atomic mass is 32.1. The summed E-state index contributed by atoms with van der Waals surface area (Å²) in [7, 11) is 0. The highest BCUT2D eigenvalue weighted by Gasteiger charge is 2.16. The number of nitrogens with zero attached hydrogens (tertiary/aromatic N) is 4. The lowest BCUT2D eigenvalue weighted by molar-refractivity contribution is 0.111. The van der Waals surface area contributed by atoms with Gasteiger partial charge in [0.15, 0.2) is 6.29 Å². The first kappa shape index (κ1) is 13.5. The van der Waals surface area contributed by atoms with Crippen molar-refractivity contribution in [1.29, 1.82) is 0 Å². The van der Waals surface area contributed by atoms with Gasteiger partial charge in [-0.2, -0.15) is 0 Å². The Labute approximate surface area is 122 Å². The molecule has 2 aromatic rings. The van der Waals surface area contributed by atoms with Crippen LogP contribution in [0.15, 0.2) is 17.5 Å². The maximum Gasteiger partial charge on any atom is 0.172 e. The van der Waals surface area contributed by atoms with Crippen molar-refractivity contribution in [1.82, 2.24) is 19.9 Å². The molecule has 1 fully saturated rings. The first-order chi connectivity index (χ1) is 9.86. The third kappa shape index (κ3) is 2.96. The lowest BCUT2D eigenvalue weighted by atomic mass is 10.2. The molecule has 0 spiro atoms. The van der Waals surface area contributed by atoms with Gasteiger partial charge in [0, 0.05) is 17.8 Å². The van der Waals surface area contributed by atoms with E-state index in [1.165, 1.54) is 30.8 Å². The molecule has 0 atom stereocenters. The molecule has 0 saturated carbocycles. The van der Waals surface area contributed by atoms with E-state index < -0.39 is 0 Å². The maximum absolute atomic E-state index is 11.1. The van der Waals surface area contributed by atoms with Gasteiger partial charge in [-0.25, -0.2) is 4.68 Å². The quantitative estimate of drug-likeness (QED) is 0.762. The molecule has 20 heavy (non-hydrogen) atoms. The third-order valence-electron chi connectivity index (χ3n) is 3.73. The van der Waals surface area contributed by atoms with Gasteiger partial charge in [-0.1, -0.05) is 11.3 Å². The average molecular weight is 290 g/mol. The van der Waals surface area contributed by atoms with E-state index in [0.717, 1.165) is 31.5 Å². The Hall–Kier alpha value is -1.53. The van der Waals surface area contributed by atoms with E-state index in [4.69, 9.17) is 0 Å². The number of aromatic nitrogens is 3. The summed E-state index contributed by atoms with van der Waals surface area (Å²) in [5.41, 5.74) is 1.40. The first-order valence-corrected chi connectivity index (χ1v) is 7.87. The van der Waals surface area contributed by atoms with Crippen molar-refractivity contribution in [2.24, 2.45) is 0 Å². The maximum atomic E-state index is 11.1. The molecule has 6 heteroatoms. The molecule has 2 aromatic heterocycles. The van der Waals surface area contributed by atoms with Crippen LogP contribution < -0.4 is 0 Å². The predicted molar refractivity (Wildman–Crippen MR) is 78.2 cm³/mol. The van der Waals surface area contributed by atoms with Crippen LogP contribution in [0, 0.1) is 0 Å². The molecular formula is C14H18N4OS. The molecule has 0 N–H and O–H groups in total. The summed E-state index contributed by atoms with van der Waals surface area (Å²) in [4.78, 5) is 14.8. The summed E-state index contributed by atoms with van der Waals surface area (Å²) < 4.78 is 1.89. The SMILES string of the molecule is O=Cc1nnn(CCN2CCCC2)c1Cc1cccs1. The van der Waals surface area contributed by atoms with Crippen LogP contribution in [-0.2, 0) is 13.0 Å². The highest BCUT2D eigenvalue weighted by molar-refractivity contribution is 7.09. The molecule has 1 saturated heterocycles. The molecule has 1 aliphatic rings. The van der Waals surface area contributed by atoms with Crippen molar-refractivity contribution >= 4 is 17.6 Å². The van der Waals surface area contributed by atoms with Crippen LogP contribution in [-0.4, -0.2) is 45.8 Å². The Balaban J connectivity index is 1.72. The fourth-order valence-corrected chi connectivity index (χ4v) is 3.33. The molecule has 0 aliphatic carbocycles. The van der Waals surface area contributed by atoms with Gasteiger partial charge >= 0.3 is 0 Å². The standard InChI is InChI=1S/C14H18N4OS/c19-11-13-14(10-12-4-3-9-20-12)18(16-15-13)8-7-17-5-1-2-6-17/h3-4,9,11H,1-2,5-8,10H2. The molecule has 3 rings (SSSR count). The number of hydrogen-bond donors (Lipinski definition) is 0. The second-order valence-corrected chi connectivity index (χ2v) is 6.10. The van der Waals surface area contributed by atoms with E-state index in [9.17, 15) is 4.79 Å². The number of rotatable bonds is 6. The van der Waals surface area contributed by atoms with Gasteiger partial charge in [0.05, 0.1) is 12.2 Å². The minimum atomic E-state index is 0.472. The molecule has 0 unspecified atom stereocenters. The third-order valence-corrected chi connectivity index (χ3v) is 4.60. The topological polar surface area (TPSA) is 51.0 Å². The number of hydrogen-bond acceptors (Lipinski definition) is 5. The van der Waals surface area contributed by atoms with Crippen LogP contribution >= 0.6 is 11.3 Å².